The molecule has 2 N–H and O–H groups in total. The van der Waals surface area contributed by atoms with E-state index in [9.17, 15) is 0 Å². The zero-order chi connectivity index (χ0) is 14.8. The number of benzene rings is 2. The zero-order valence-electron chi connectivity index (χ0n) is 11.9. The first kappa shape index (κ1) is 14.2. The Kier molecular flexibility index (Phi) is 4.04. The third kappa shape index (κ3) is 2.71. The molecule has 0 spiro atoms. The Balaban J connectivity index is 2.04. The first-order valence-electron chi connectivity index (χ1n) is 7.03. The fourth-order valence-electron chi connectivity index (χ4n) is 2.73. The maximum Gasteiger partial charge on any atom is 0.123 e. The van der Waals surface area contributed by atoms with Crippen molar-refractivity contribution in [3.8, 4) is 22.6 Å². The summed E-state index contributed by atoms with van der Waals surface area (Å²) in [7, 11) is 1.65. The van der Waals surface area contributed by atoms with Gasteiger partial charge in [-0.05, 0) is 48.4 Å². The van der Waals surface area contributed by atoms with E-state index in [0.717, 1.165) is 29.0 Å². The van der Waals surface area contributed by atoms with Crippen LogP contribution in [0.4, 0.5) is 0 Å². The van der Waals surface area contributed by atoms with Gasteiger partial charge in [0.15, 0.2) is 0 Å². The number of methoxy groups -OCH3 is 1. The van der Waals surface area contributed by atoms with Crippen LogP contribution in [0.5, 0.6) is 11.5 Å². The van der Waals surface area contributed by atoms with Crippen LogP contribution >= 0.6 is 11.6 Å². The summed E-state index contributed by atoms with van der Waals surface area (Å²) < 4.78 is 11.1. The molecule has 2 aromatic rings. The van der Waals surface area contributed by atoms with Gasteiger partial charge in [-0.25, -0.2) is 0 Å². The molecule has 4 heteroatoms. The number of nitrogens with two attached hydrogens (primary N) is 1. The lowest BCUT2D eigenvalue weighted by molar-refractivity contribution is 0.269. The monoisotopic (exact) mass is 303 g/mol. The van der Waals surface area contributed by atoms with E-state index < -0.39 is 0 Å². The predicted molar refractivity (Wildman–Crippen MR) is 85.3 cm³/mol. The minimum absolute atomic E-state index is 0.378. The van der Waals surface area contributed by atoms with Crippen LogP contribution in [0.2, 0.25) is 5.02 Å². The van der Waals surface area contributed by atoms with Crippen LogP contribution in [-0.4, -0.2) is 20.3 Å². The molecule has 0 aliphatic carbocycles. The molecule has 0 amide bonds. The van der Waals surface area contributed by atoms with Crippen molar-refractivity contribution in [2.75, 3.05) is 20.3 Å². The van der Waals surface area contributed by atoms with Gasteiger partial charge in [-0.2, -0.15) is 0 Å². The Morgan fingerprint density at radius 2 is 2.14 bits per heavy atom. The van der Waals surface area contributed by atoms with Crippen molar-refractivity contribution in [3.63, 3.8) is 0 Å². The van der Waals surface area contributed by atoms with E-state index in [1.807, 2.05) is 24.3 Å². The Hall–Kier alpha value is -1.71. The molecule has 1 aliphatic heterocycles. The lowest BCUT2D eigenvalue weighted by Crippen LogP contribution is -2.20. The van der Waals surface area contributed by atoms with Crippen molar-refractivity contribution in [3.05, 3.63) is 47.0 Å². The molecule has 0 saturated carbocycles. The van der Waals surface area contributed by atoms with Gasteiger partial charge in [0.05, 0.1) is 13.7 Å². The number of hydrogen-bond acceptors (Lipinski definition) is 3. The van der Waals surface area contributed by atoms with E-state index >= 15 is 0 Å². The second-order valence-corrected chi connectivity index (χ2v) is 5.58. The molecule has 1 atom stereocenters. The fraction of sp³-hybridized carbons (Fsp3) is 0.294. The van der Waals surface area contributed by atoms with Gasteiger partial charge in [0, 0.05) is 16.5 Å². The molecule has 2 aromatic carbocycles. The molecule has 0 aromatic heterocycles. The highest BCUT2D eigenvalue weighted by molar-refractivity contribution is 6.33. The molecule has 21 heavy (non-hydrogen) atoms. The van der Waals surface area contributed by atoms with Crippen molar-refractivity contribution in [2.24, 2.45) is 5.73 Å². The normalized spacial score (nSPS) is 17.0. The number of rotatable bonds is 3. The maximum atomic E-state index is 6.31. The Morgan fingerprint density at radius 3 is 2.90 bits per heavy atom. The van der Waals surface area contributed by atoms with Crippen molar-refractivity contribution in [1.82, 2.24) is 0 Å². The van der Waals surface area contributed by atoms with Crippen LogP contribution in [-0.2, 0) is 0 Å². The van der Waals surface area contributed by atoms with Gasteiger partial charge in [-0.1, -0.05) is 23.7 Å². The molecule has 0 bridgehead atoms. The van der Waals surface area contributed by atoms with Crippen LogP contribution in [0.25, 0.3) is 11.1 Å². The topological polar surface area (TPSA) is 44.5 Å². The summed E-state index contributed by atoms with van der Waals surface area (Å²) >= 11 is 6.31. The summed E-state index contributed by atoms with van der Waals surface area (Å²) in [6.45, 7) is 1.36. The molecular formula is C17H18ClNO2. The Morgan fingerprint density at radius 1 is 1.29 bits per heavy atom. The SMILES string of the molecule is COc1ccc(Cl)c(-c2ccc3c(c2)OCC[C@H]3CN)c1. The summed E-state index contributed by atoms with van der Waals surface area (Å²) in [5, 5.41) is 0.696. The van der Waals surface area contributed by atoms with Crippen molar-refractivity contribution >= 4 is 11.6 Å². The van der Waals surface area contributed by atoms with E-state index in [1.54, 1.807) is 7.11 Å². The van der Waals surface area contributed by atoms with E-state index in [4.69, 9.17) is 26.8 Å². The third-order valence-corrected chi connectivity index (χ3v) is 4.28. The zero-order valence-corrected chi connectivity index (χ0v) is 12.7. The molecule has 110 valence electrons. The maximum absolute atomic E-state index is 6.31. The largest absolute Gasteiger partial charge is 0.497 e. The van der Waals surface area contributed by atoms with E-state index in [1.165, 1.54) is 5.56 Å². The van der Waals surface area contributed by atoms with Crippen molar-refractivity contribution in [2.45, 2.75) is 12.3 Å². The predicted octanol–water partition coefficient (Wildman–Crippen LogP) is 3.84. The highest BCUT2D eigenvalue weighted by atomic mass is 35.5. The lowest BCUT2D eigenvalue weighted by Gasteiger charge is -2.25. The van der Waals surface area contributed by atoms with Gasteiger partial charge in [0.25, 0.3) is 0 Å². The Bertz CT molecular complexity index is 657. The highest BCUT2D eigenvalue weighted by Gasteiger charge is 2.21. The molecular weight excluding hydrogens is 286 g/mol. The van der Waals surface area contributed by atoms with Crippen LogP contribution in [0.3, 0.4) is 0 Å². The fourth-order valence-corrected chi connectivity index (χ4v) is 2.95. The van der Waals surface area contributed by atoms with E-state index in [-0.39, 0.29) is 0 Å². The standard InChI is InChI=1S/C17H18ClNO2/c1-20-13-3-5-16(18)15(9-13)11-2-4-14-12(10-19)6-7-21-17(14)8-11/h2-5,8-9,12H,6-7,10,19H2,1H3/t12-/m0/s1. The Labute approximate surface area is 129 Å². The van der Waals surface area contributed by atoms with Crippen LogP contribution < -0.4 is 15.2 Å². The number of fused-ring (bicyclic) bond motifs is 1. The second-order valence-electron chi connectivity index (χ2n) is 5.17. The molecule has 1 heterocycles. The molecule has 0 fully saturated rings. The van der Waals surface area contributed by atoms with Gasteiger partial charge < -0.3 is 15.2 Å². The third-order valence-electron chi connectivity index (χ3n) is 3.95. The van der Waals surface area contributed by atoms with E-state index in [0.29, 0.717) is 24.1 Å². The average Bonchev–Trinajstić information content (AvgIpc) is 2.54. The van der Waals surface area contributed by atoms with Gasteiger partial charge in [0.1, 0.15) is 11.5 Å². The molecule has 0 radical (unpaired) electrons. The minimum Gasteiger partial charge on any atom is -0.497 e. The first-order chi connectivity index (χ1) is 10.2. The van der Waals surface area contributed by atoms with Crippen molar-refractivity contribution in [1.29, 1.82) is 0 Å². The number of hydrogen-bond donors (Lipinski definition) is 1. The minimum atomic E-state index is 0.378. The summed E-state index contributed by atoms with van der Waals surface area (Å²) in [6, 6.07) is 11.8. The summed E-state index contributed by atoms with van der Waals surface area (Å²) in [6.07, 6.45) is 0.975. The van der Waals surface area contributed by atoms with Gasteiger partial charge in [-0.3, -0.25) is 0 Å². The van der Waals surface area contributed by atoms with Crippen LogP contribution in [0.15, 0.2) is 36.4 Å². The molecule has 1 aliphatic rings. The quantitative estimate of drug-likeness (QED) is 0.937. The lowest BCUT2D eigenvalue weighted by atomic mass is 9.91. The van der Waals surface area contributed by atoms with E-state index in [2.05, 4.69) is 12.1 Å². The van der Waals surface area contributed by atoms with Crippen LogP contribution in [0.1, 0.15) is 17.9 Å². The molecule has 3 rings (SSSR count). The molecule has 0 saturated heterocycles. The van der Waals surface area contributed by atoms with Gasteiger partial charge in [0.2, 0.25) is 0 Å². The summed E-state index contributed by atoms with van der Waals surface area (Å²) in [5.41, 5.74) is 8.99. The van der Waals surface area contributed by atoms with Gasteiger partial charge >= 0.3 is 0 Å². The first-order valence-corrected chi connectivity index (χ1v) is 7.41. The summed E-state index contributed by atoms with van der Waals surface area (Å²) in [4.78, 5) is 0. The second kappa shape index (κ2) is 5.96. The molecule has 3 nitrogen and oxygen atoms in total. The van der Waals surface area contributed by atoms with Gasteiger partial charge in [-0.15, -0.1) is 0 Å². The number of ether oxygens (including phenoxy) is 2. The van der Waals surface area contributed by atoms with Crippen molar-refractivity contribution < 1.29 is 9.47 Å². The molecule has 0 unspecified atom stereocenters. The smallest absolute Gasteiger partial charge is 0.123 e. The highest BCUT2D eigenvalue weighted by Crippen LogP contribution is 2.38. The van der Waals surface area contributed by atoms with Crippen LogP contribution in [0, 0.1) is 0 Å². The average molecular weight is 304 g/mol. The number of halogens is 1. The summed E-state index contributed by atoms with van der Waals surface area (Å²) in [5.74, 6) is 2.07.